The summed E-state index contributed by atoms with van der Waals surface area (Å²) in [5.74, 6) is -4.26. The lowest BCUT2D eigenvalue weighted by atomic mass is 9.49. The number of allylic oxidation sites excluding steroid dienone is 2. The Morgan fingerprint density at radius 3 is 2.33 bits per heavy atom. The van der Waals surface area contributed by atoms with E-state index in [0.717, 1.165) is 16.1 Å². The van der Waals surface area contributed by atoms with Crippen molar-refractivity contribution in [1.29, 1.82) is 0 Å². The topological polar surface area (TPSA) is 125 Å². The number of aliphatic hydroxyl groups is 1. The number of hydrazine groups is 1. The molecule has 54 heavy (non-hydrogen) atoms. The Bertz CT molecular complexity index is 2180. The average molecular weight is 767 g/mol. The van der Waals surface area contributed by atoms with E-state index in [1.807, 2.05) is 48.5 Å². The van der Waals surface area contributed by atoms with Crippen LogP contribution < -0.4 is 14.9 Å². The van der Waals surface area contributed by atoms with Crippen molar-refractivity contribution >= 4 is 52.5 Å². The van der Waals surface area contributed by atoms with Crippen molar-refractivity contribution < 1.29 is 33.8 Å². The first-order chi connectivity index (χ1) is 26.2. The molecule has 2 aliphatic heterocycles. The van der Waals surface area contributed by atoms with Gasteiger partial charge in [-0.3, -0.25) is 29.5 Å². The van der Waals surface area contributed by atoms with Gasteiger partial charge < -0.3 is 14.6 Å². The number of likely N-dealkylation sites (tertiary alicyclic amines) is 1. The number of carbonyl (C=O) groups is 4. The zero-order chi connectivity index (χ0) is 37.7. The Morgan fingerprint density at radius 2 is 1.61 bits per heavy atom. The molecule has 2 heterocycles. The third-order valence-corrected chi connectivity index (χ3v) is 12.0. The summed E-state index contributed by atoms with van der Waals surface area (Å²) in [5.41, 5.74) is 4.59. The molecular weight excluding hydrogens is 729 g/mol. The molecule has 1 saturated carbocycles. The van der Waals surface area contributed by atoms with E-state index < -0.39 is 46.8 Å². The fourth-order valence-corrected chi connectivity index (χ4v) is 9.63. The van der Waals surface area contributed by atoms with Crippen LogP contribution in [0.2, 0.25) is 10.0 Å². The summed E-state index contributed by atoms with van der Waals surface area (Å²) in [4.78, 5) is 60.3. The normalized spacial score (nSPS) is 25.9. The Balaban J connectivity index is 1.32. The van der Waals surface area contributed by atoms with Gasteiger partial charge in [-0.15, -0.1) is 0 Å². The number of para-hydroxylation sites is 1. The second-order valence-corrected chi connectivity index (χ2v) is 14.9. The largest absolute Gasteiger partial charge is 0.497 e. The van der Waals surface area contributed by atoms with Crippen LogP contribution in [0, 0.1) is 23.7 Å². The van der Waals surface area contributed by atoms with Crippen LogP contribution in [-0.2, 0) is 31.1 Å². The Labute approximate surface area is 322 Å². The van der Waals surface area contributed by atoms with Gasteiger partial charge in [-0.1, -0.05) is 95.5 Å². The summed E-state index contributed by atoms with van der Waals surface area (Å²) in [6.45, 7) is -0.108. The molecule has 6 atom stereocenters. The van der Waals surface area contributed by atoms with E-state index in [0.29, 0.717) is 33.3 Å². The van der Waals surface area contributed by atoms with Crippen LogP contribution >= 0.6 is 23.2 Å². The highest BCUT2D eigenvalue weighted by Crippen LogP contribution is 2.65. The summed E-state index contributed by atoms with van der Waals surface area (Å²) in [6.07, 6.45) is 2.42. The molecular formula is C42H37Cl2N3O7. The zero-order valence-electron chi connectivity index (χ0n) is 29.3. The number of rotatable bonds is 10. The standard InChI is InChI=1S/C42H37Cl2N3O7/c1-53-27-14-11-25(12-15-27)42-32(39(50)47(41(42)52)45-34-18-13-26(43)21-33(34)44)22-31-28(37(42)29-9-5-6-10-35(29)54-20-19-48)16-17-30-36(31)40(51)46(38(30)49)23-24-7-3-2-4-8-24/h2-16,18,21,30-32,36-37,45,48H,17,19-20,22-23H2,1H3. The fourth-order valence-electron chi connectivity index (χ4n) is 9.18. The number of halogens is 2. The van der Waals surface area contributed by atoms with Crippen molar-refractivity contribution in [3.05, 3.63) is 135 Å². The first-order valence-corrected chi connectivity index (χ1v) is 18.6. The van der Waals surface area contributed by atoms with Crippen LogP contribution in [0.5, 0.6) is 11.5 Å². The predicted molar refractivity (Wildman–Crippen MR) is 202 cm³/mol. The van der Waals surface area contributed by atoms with E-state index in [1.165, 1.54) is 11.0 Å². The monoisotopic (exact) mass is 765 g/mol. The summed E-state index contributed by atoms with van der Waals surface area (Å²) >= 11 is 12.8. The van der Waals surface area contributed by atoms with Gasteiger partial charge in [0.05, 0.1) is 54.1 Å². The maximum atomic E-state index is 15.5. The van der Waals surface area contributed by atoms with E-state index in [-0.39, 0.29) is 49.4 Å². The minimum absolute atomic E-state index is 0.00701. The number of aliphatic hydroxyl groups excluding tert-OH is 1. The second kappa shape index (κ2) is 14.2. The van der Waals surface area contributed by atoms with Gasteiger partial charge in [-0.05, 0) is 66.3 Å². The molecule has 10 nitrogen and oxygen atoms in total. The van der Waals surface area contributed by atoms with Crippen molar-refractivity contribution in [2.75, 3.05) is 25.7 Å². The number of hydrogen-bond acceptors (Lipinski definition) is 8. The number of methoxy groups -OCH3 is 1. The molecule has 4 aromatic carbocycles. The quantitative estimate of drug-likeness (QED) is 0.138. The van der Waals surface area contributed by atoms with Crippen molar-refractivity contribution in [2.45, 2.75) is 30.7 Å². The molecule has 4 amide bonds. The van der Waals surface area contributed by atoms with Crippen LogP contribution in [0.3, 0.4) is 0 Å². The molecule has 8 rings (SSSR count). The van der Waals surface area contributed by atoms with E-state index in [2.05, 4.69) is 5.43 Å². The first kappa shape index (κ1) is 35.8. The molecule has 276 valence electrons. The van der Waals surface area contributed by atoms with Crippen LogP contribution in [0.4, 0.5) is 5.69 Å². The lowest BCUT2D eigenvalue weighted by molar-refractivity contribution is -0.142. The van der Waals surface area contributed by atoms with Crippen LogP contribution in [0.25, 0.3) is 0 Å². The van der Waals surface area contributed by atoms with E-state index in [4.69, 9.17) is 32.7 Å². The van der Waals surface area contributed by atoms with E-state index >= 15 is 4.79 Å². The molecule has 6 unspecified atom stereocenters. The number of fused-ring (bicyclic) bond motifs is 4. The molecule has 2 saturated heterocycles. The molecule has 0 radical (unpaired) electrons. The smallest absolute Gasteiger partial charge is 0.260 e. The average Bonchev–Trinajstić information content (AvgIpc) is 3.55. The molecule has 4 aliphatic rings. The van der Waals surface area contributed by atoms with E-state index in [1.54, 1.807) is 55.6 Å². The Morgan fingerprint density at radius 1 is 0.870 bits per heavy atom. The third-order valence-electron chi connectivity index (χ3n) is 11.4. The predicted octanol–water partition coefficient (Wildman–Crippen LogP) is 6.56. The maximum Gasteiger partial charge on any atom is 0.260 e. The molecule has 4 aromatic rings. The van der Waals surface area contributed by atoms with Crippen molar-refractivity contribution in [1.82, 2.24) is 9.91 Å². The van der Waals surface area contributed by atoms with Crippen molar-refractivity contribution in [3.8, 4) is 11.5 Å². The number of benzene rings is 4. The van der Waals surface area contributed by atoms with Crippen LogP contribution in [0.15, 0.2) is 109 Å². The molecule has 0 bridgehead atoms. The minimum Gasteiger partial charge on any atom is -0.497 e. The van der Waals surface area contributed by atoms with Gasteiger partial charge in [0.15, 0.2) is 0 Å². The number of hydrogen-bond donors (Lipinski definition) is 2. The first-order valence-electron chi connectivity index (χ1n) is 17.8. The van der Waals surface area contributed by atoms with Gasteiger partial charge in [0.1, 0.15) is 18.1 Å². The highest BCUT2D eigenvalue weighted by molar-refractivity contribution is 6.36. The second-order valence-electron chi connectivity index (χ2n) is 14.1. The number of anilines is 1. The number of nitrogens with one attached hydrogen (secondary N) is 1. The highest BCUT2D eigenvalue weighted by atomic mass is 35.5. The lowest BCUT2D eigenvalue weighted by Gasteiger charge is -2.50. The van der Waals surface area contributed by atoms with Crippen LogP contribution in [0.1, 0.15) is 35.4 Å². The number of nitrogens with zero attached hydrogens (tertiary/aromatic N) is 2. The van der Waals surface area contributed by atoms with Crippen molar-refractivity contribution in [3.63, 3.8) is 0 Å². The SMILES string of the molecule is COc1ccc(C23C(=O)N(Nc4ccc(Cl)cc4Cl)C(=O)C2CC2C(=CCC4C(=O)N(Cc5ccccc5)C(=O)C42)C3c2ccccc2OCCO)cc1. The zero-order valence-corrected chi connectivity index (χ0v) is 30.8. The Hall–Kier alpha value is -5.16. The molecule has 0 aromatic heterocycles. The molecule has 2 N–H and O–H groups in total. The number of ether oxygens (including phenoxy) is 2. The fraction of sp³-hybridized carbons (Fsp3) is 0.286. The summed E-state index contributed by atoms with van der Waals surface area (Å²) in [7, 11) is 1.55. The Kier molecular flexibility index (Phi) is 9.46. The van der Waals surface area contributed by atoms with Crippen molar-refractivity contribution in [2.24, 2.45) is 23.7 Å². The maximum absolute atomic E-state index is 15.5. The van der Waals surface area contributed by atoms with E-state index in [9.17, 15) is 19.5 Å². The highest BCUT2D eigenvalue weighted by Gasteiger charge is 2.70. The number of imide groups is 2. The number of carbonyl (C=O) groups excluding carboxylic acids is 4. The minimum atomic E-state index is -1.54. The van der Waals surface area contributed by atoms with Gasteiger partial charge in [-0.25, -0.2) is 0 Å². The summed E-state index contributed by atoms with van der Waals surface area (Å²) in [6, 6.07) is 28.5. The van der Waals surface area contributed by atoms with Gasteiger partial charge in [0.25, 0.3) is 11.8 Å². The third kappa shape index (κ3) is 5.66. The van der Waals surface area contributed by atoms with Crippen LogP contribution in [-0.4, -0.2) is 59.0 Å². The van der Waals surface area contributed by atoms with Gasteiger partial charge in [0.2, 0.25) is 11.8 Å². The summed E-state index contributed by atoms with van der Waals surface area (Å²) in [5, 5.41) is 11.4. The molecule has 2 aliphatic carbocycles. The number of amides is 4. The molecule has 3 fully saturated rings. The van der Waals surface area contributed by atoms with Gasteiger partial charge >= 0.3 is 0 Å². The van der Waals surface area contributed by atoms with Gasteiger partial charge in [0, 0.05) is 16.5 Å². The summed E-state index contributed by atoms with van der Waals surface area (Å²) < 4.78 is 11.6. The molecule has 12 heteroatoms. The lowest BCUT2D eigenvalue weighted by Crippen LogP contribution is -2.53. The molecule has 0 spiro atoms. The van der Waals surface area contributed by atoms with Gasteiger partial charge in [-0.2, -0.15) is 5.01 Å².